The first-order valence-electron chi connectivity index (χ1n) is 7.63. The third-order valence-electron chi connectivity index (χ3n) is 5.25. The van der Waals surface area contributed by atoms with E-state index in [9.17, 15) is 5.26 Å². The highest BCUT2D eigenvalue weighted by Gasteiger charge is 2.67. The average molecular weight is 248 g/mol. The van der Waals surface area contributed by atoms with Crippen LogP contribution in [0.25, 0.3) is 0 Å². The van der Waals surface area contributed by atoms with Crippen LogP contribution in [0.4, 0.5) is 0 Å². The van der Waals surface area contributed by atoms with Gasteiger partial charge in [-0.25, -0.2) is 0 Å². The lowest BCUT2D eigenvalue weighted by atomic mass is 10.0. The largest absolute Gasteiger partial charge is 0.379 e. The Kier molecular flexibility index (Phi) is 3.59. The van der Waals surface area contributed by atoms with E-state index in [4.69, 9.17) is 4.74 Å². The van der Waals surface area contributed by atoms with Crippen molar-refractivity contribution in [3.63, 3.8) is 0 Å². The van der Waals surface area contributed by atoms with E-state index in [0.717, 1.165) is 26.3 Å². The van der Waals surface area contributed by atoms with Gasteiger partial charge in [-0.05, 0) is 24.7 Å². The molecular weight excluding hydrogens is 224 g/mol. The smallest absolute Gasteiger partial charge is 0.115 e. The number of fused-ring (bicyclic) bond motifs is 1. The van der Waals surface area contributed by atoms with Crippen molar-refractivity contribution in [2.45, 2.75) is 50.5 Å². The minimum absolute atomic E-state index is 0.110. The standard InChI is InChI=1S/C15H24N2O/c16-12-15(17-8-10-18-11-9-17)13-6-4-2-1-3-5-7-14(13)15/h13-14H,1-11H2. The van der Waals surface area contributed by atoms with Gasteiger partial charge in [-0.2, -0.15) is 5.26 Å². The van der Waals surface area contributed by atoms with E-state index < -0.39 is 0 Å². The first-order chi connectivity index (χ1) is 8.89. The second-order valence-corrected chi connectivity index (χ2v) is 6.09. The van der Waals surface area contributed by atoms with E-state index in [1.165, 1.54) is 44.9 Å². The van der Waals surface area contributed by atoms with Crippen LogP contribution in [0, 0.1) is 23.2 Å². The molecule has 18 heavy (non-hydrogen) atoms. The van der Waals surface area contributed by atoms with Crippen molar-refractivity contribution < 1.29 is 4.74 Å². The Bertz CT molecular complexity index is 316. The van der Waals surface area contributed by atoms with Crippen molar-refractivity contribution in [3.05, 3.63) is 0 Å². The third kappa shape index (κ3) is 1.96. The molecule has 1 heterocycles. The number of nitrogens with zero attached hydrogens (tertiary/aromatic N) is 2. The monoisotopic (exact) mass is 248 g/mol. The maximum Gasteiger partial charge on any atom is 0.115 e. The lowest BCUT2D eigenvalue weighted by Gasteiger charge is -2.32. The summed E-state index contributed by atoms with van der Waals surface area (Å²) in [5.74, 6) is 1.30. The van der Waals surface area contributed by atoms with Gasteiger partial charge in [0, 0.05) is 13.1 Å². The van der Waals surface area contributed by atoms with Crippen LogP contribution in [-0.2, 0) is 4.74 Å². The maximum atomic E-state index is 9.76. The second kappa shape index (κ2) is 5.19. The van der Waals surface area contributed by atoms with Gasteiger partial charge in [-0.15, -0.1) is 0 Å². The fraction of sp³-hybridized carbons (Fsp3) is 0.933. The quantitative estimate of drug-likeness (QED) is 0.715. The SMILES string of the molecule is N#CC1(N2CCOCC2)C2CCCCCCCC21. The fourth-order valence-electron chi connectivity index (χ4n) is 4.26. The summed E-state index contributed by atoms with van der Waals surface area (Å²) in [6.45, 7) is 3.53. The van der Waals surface area contributed by atoms with E-state index in [0.29, 0.717) is 11.8 Å². The van der Waals surface area contributed by atoms with Gasteiger partial charge in [0.1, 0.15) is 5.54 Å². The van der Waals surface area contributed by atoms with Gasteiger partial charge in [-0.1, -0.05) is 32.1 Å². The molecule has 0 amide bonds. The first kappa shape index (κ1) is 12.4. The summed E-state index contributed by atoms with van der Waals surface area (Å²) in [5, 5.41) is 9.76. The number of morpholine rings is 1. The Morgan fingerprint density at radius 2 is 1.50 bits per heavy atom. The fourth-order valence-corrected chi connectivity index (χ4v) is 4.26. The predicted octanol–water partition coefficient (Wildman–Crippen LogP) is 2.57. The minimum Gasteiger partial charge on any atom is -0.379 e. The molecule has 0 aromatic carbocycles. The summed E-state index contributed by atoms with van der Waals surface area (Å²) in [6.07, 6.45) is 9.34. The molecule has 2 unspecified atom stereocenters. The molecule has 0 bridgehead atoms. The molecule has 0 spiro atoms. The molecule has 1 saturated heterocycles. The molecule has 0 radical (unpaired) electrons. The Hall–Kier alpha value is -0.590. The van der Waals surface area contributed by atoms with Crippen LogP contribution in [-0.4, -0.2) is 36.7 Å². The summed E-state index contributed by atoms with van der Waals surface area (Å²) in [6, 6.07) is 2.71. The second-order valence-electron chi connectivity index (χ2n) is 6.09. The molecule has 3 fully saturated rings. The van der Waals surface area contributed by atoms with Gasteiger partial charge >= 0.3 is 0 Å². The molecule has 2 saturated carbocycles. The van der Waals surface area contributed by atoms with Crippen LogP contribution in [0.2, 0.25) is 0 Å². The molecule has 0 aromatic heterocycles. The van der Waals surface area contributed by atoms with Gasteiger partial charge in [0.25, 0.3) is 0 Å². The van der Waals surface area contributed by atoms with E-state index in [2.05, 4.69) is 11.0 Å². The van der Waals surface area contributed by atoms with Crippen molar-refractivity contribution in [1.29, 1.82) is 5.26 Å². The Morgan fingerprint density at radius 3 is 2.06 bits per heavy atom. The van der Waals surface area contributed by atoms with Crippen molar-refractivity contribution in [2.75, 3.05) is 26.3 Å². The van der Waals surface area contributed by atoms with E-state index in [-0.39, 0.29) is 5.54 Å². The molecule has 3 rings (SSSR count). The molecule has 3 nitrogen and oxygen atoms in total. The zero-order chi connectivity index (χ0) is 12.4. The van der Waals surface area contributed by atoms with Crippen molar-refractivity contribution in [3.8, 4) is 6.07 Å². The lowest BCUT2D eigenvalue weighted by molar-refractivity contribution is 0.0149. The normalized spacial score (nSPS) is 41.9. The van der Waals surface area contributed by atoms with Crippen molar-refractivity contribution in [1.82, 2.24) is 4.90 Å². The van der Waals surface area contributed by atoms with Gasteiger partial charge in [0.05, 0.1) is 19.3 Å². The summed E-state index contributed by atoms with van der Waals surface area (Å²) in [4.78, 5) is 2.44. The van der Waals surface area contributed by atoms with Gasteiger partial charge in [0.15, 0.2) is 0 Å². The zero-order valence-electron chi connectivity index (χ0n) is 11.2. The minimum atomic E-state index is -0.110. The van der Waals surface area contributed by atoms with Crippen molar-refractivity contribution >= 4 is 0 Å². The van der Waals surface area contributed by atoms with E-state index in [1.54, 1.807) is 0 Å². The van der Waals surface area contributed by atoms with Crippen LogP contribution < -0.4 is 0 Å². The van der Waals surface area contributed by atoms with Crippen LogP contribution in [0.3, 0.4) is 0 Å². The average Bonchev–Trinajstić information content (AvgIpc) is 3.02. The Balaban J connectivity index is 1.74. The number of nitriles is 1. The number of hydrogen-bond donors (Lipinski definition) is 0. The summed E-state index contributed by atoms with van der Waals surface area (Å²) < 4.78 is 5.44. The Labute approximate surface area is 110 Å². The zero-order valence-corrected chi connectivity index (χ0v) is 11.2. The van der Waals surface area contributed by atoms with Gasteiger partial charge in [-0.3, -0.25) is 4.90 Å². The van der Waals surface area contributed by atoms with Gasteiger partial charge < -0.3 is 4.74 Å². The highest BCUT2D eigenvalue weighted by Crippen LogP contribution is 2.59. The molecule has 0 N–H and O–H groups in total. The molecule has 3 aliphatic rings. The highest BCUT2D eigenvalue weighted by molar-refractivity contribution is 5.30. The third-order valence-corrected chi connectivity index (χ3v) is 5.25. The number of hydrogen-bond acceptors (Lipinski definition) is 3. The van der Waals surface area contributed by atoms with Crippen molar-refractivity contribution in [2.24, 2.45) is 11.8 Å². The van der Waals surface area contributed by atoms with Gasteiger partial charge in [0.2, 0.25) is 0 Å². The first-order valence-corrected chi connectivity index (χ1v) is 7.63. The summed E-state index contributed by atoms with van der Waals surface area (Å²) in [5.41, 5.74) is -0.110. The molecule has 100 valence electrons. The van der Waals surface area contributed by atoms with Crippen LogP contribution >= 0.6 is 0 Å². The molecular formula is C15H24N2O. The van der Waals surface area contributed by atoms with Crippen LogP contribution in [0.15, 0.2) is 0 Å². The molecule has 0 aromatic rings. The highest BCUT2D eigenvalue weighted by atomic mass is 16.5. The van der Waals surface area contributed by atoms with Crippen LogP contribution in [0.5, 0.6) is 0 Å². The molecule has 2 atom stereocenters. The summed E-state index contributed by atoms with van der Waals surface area (Å²) in [7, 11) is 0. The molecule has 3 heteroatoms. The topological polar surface area (TPSA) is 36.3 Å². The Morgan fingerprint density at radius 1 is 0.944 bits per heavy atom. The van der Waals surface area contributed by atoms with E-state index in [1.807, 2.05) is 0 Å². The summed E-state index contributed by atoms with van der Waals surface area (Å²) >= 11 is 0. The molecule has 2 aliphatic carbocycles. The lowest BCUT2D eigenvalue weighted by Crippen LogP contribution is -2.46. The maximum absolute atomic E-state index is 9.76. The predicted molar refractivity (Wildman–Crippen MR) is 70.0 cm³/mol. The van der Waals surface area contributed by atoms with E-state index >= 15 is 0 Å². The number of rotatable bonds is 1. The molecule has 1 aliphatic heterocycles. The number of ether oxygens (including phenoxy) is 1. The van der Waals surface area contributed by atoms with Crippen LogP contribution in [0.1, 0.15) is 44.9 Å².